The van der Waals surface area contributed by atoms with Crippen LogP contribution in [-0.4, -0.2) is 31.1 Å². The van der Waals surface area contributed by atoms with Crippen molar-refractivity contribution in [2.24, 2.45) is 0 Å². The molecular formula is C19H19ClN2O3. The number of rotatable bonds is 5. The zero-order valence-electron chi connectivity index (χ0n) is 13.6. The first-order valence-corrected chi connectivity index (χ1v) is 8.56. The van der Waals surface area contributed by atoms with Crippen LogP contribution < -0.4 is 10.6 Å². The highest BCUT2D eigenvalue weighted by Crippen LogP contribution is 2.15. The van der Waals surface area contributed by atoms with Crippen LogP contribution in [0.3, 0.4) is 0 Å². The second kappa shape index (κ2) is 8.14. The molecule has 1 aliphatic rings. The summed E-state index contributed by atoms with van der Waals surface area (Å²) in [6.45, 7) is 1.25. The smallest absolute Gasteiger partial charge is 0.255 e. The molecule has 1 fully saturated rings. The van der Waals surface area contributed by atoms with E-state index in [1.807, 2.05) is 0 Å². The van der Waals surface area contributed by atoms with Gasteiger partial charge in [0.2, 0.25) is 0 Å². The molecule has 25 heavy (non-hydrogen) atoms. The van der Waals surface area contributed by atoms with Gasteiger partial charge in [-0.15, -0.1) is 0 Å². The molecule has 2 aromatic carbocycles. The first-order chi connectivity index (χ1) is 12.1. The lowest BCUT2D eigenvalue weighted by molar-refractivity contribution is 0.0857. The first-order valence-electron chi connectivity index (χ1n) is 8.18. The Balaban J connectivity index is 1.62. The van der Waals surface area contributed by atoms with Crippen molar-refractivity contribution in [2.45, 2.75) is 18.9 Å². The monoisotopic (exact) mass is 358 g/mol. The lowest BCUT2D eigenvalue weighted by atomic mass is 10.1. The summed E-state index contributed by atoms with van der Waals surface area (Å²) in [5, 5.41) is 6.14. The molecule has 130 valence electrons. The summed E-state index contributed by atoms with van der Waals surface area (Å²) in [5.41, 5.74) is 1.50. The molecule has 1 saturated heterocycles. The lowest BCUT2D eigenvalue weighted by Gasteiger charge is -2.11. The van der Waals surface area contributed by atoms with E-state index in [9.17, 15) is 9.59 Å². The second-order valence-corrected chi connectivity index (χ2v) is 6.33. The van der Waals surface area contributed by atoms with Crippen molar-refractivity contribution in [3.8, 4) is 0 Å². The summed E-state index contributed by atoms with van der Waals surface area (Å²) in [4.78, 5) is 24.5. The molecule has 0 aliphatic carbocycles. The summed E-state index contributed by atoms with van der Waals surface area (Å²) in [7, 11) is 0. The van der Waals surface area contributed by atoms with Crippen molar-refractivity contribution < 1.29 is 14.3 Å². The van der Waals surface area contributed by atoms with Crippen LogP contribution in [0.2, 0.25) is 5.02 Å². The van der Waals surface area contributed by atoms with E-state index in [2.05, 4.69) is 10.6 Å². The summed E-state index contributed by atoms with van der Waals surface area (Å²) >= 11 is 5.90. The van der Waals surface area contributed by atoms with E-state index >= 15 is 0 Å². The zero-order valence-corrected chi connectivity index (χ0v) is 14.4. The van der Waals surface area contributed by atoms with Gasteiger partial charge in [0.05, 0.1) is 6.10 Å². The Hall–Kier alpha value is -2.37. The lowest BCUT2D eigenvalue weighted by Crippen LogP contribution is -2.31. The van der Waals surface area contributed by atoms with Crippen LogP contribution in [0.15, 0.2) is 48.5 Å². The molecule has 3 rings (SSSR count). The quantitative estimate of drug-likeness (QED) is 0.859. The van der Waals surface area contributed by atoms with Crippen molar-refractivity contribution >= 4 is 29.1 Å². The molecule has 1 unspecified atom stereocenters. The maximum atomic E-state index is 12.3. The van der Waals surface area contributed by atoms with Crippen LogP contribution in [0, 0.1) is 0 Å². The molecule has 1 heterocycles. The molecule has 0 aromatic heterocycles. The van der Waals surface area contributed by atoms with E-state index in [-0.39, 0.29) is 17.9 Å². The average molecular weight is 359 g/mol. The van der Waals surface area contributed by atoms with E-state index in [4.69, 9.17) is 16.3 Å². The number of carbonyl (C=O) groups is 2. The van der Waals surface area contributed by atoms with E-state index in [0.29, 0.717) is 28.4 Å². The number of hydrogen-bond donors (Lipinski definition) is 2. The molecule has 2 aromatic rings. The minimum Gasteiger partial charge on any atom is -0.376 e. The molecule has 5 nitrogen and oxygen atoms in total. The Morgan fingerprint density at radius 1 is 1.08 bits per heavy atom. The number of hydrogen-bond acceptors (Lipinski definition) is 3. The van der Waals surface area contributed by atoms with Crippen molar-refractivity contribution in [1.82, 2.24) is 5.32 Å². The Morgan fingerprint density at radius 3 is 2.56 bits per heavy atom. The minimum atomic E-state index is -0.278. The maximum Gasteiger partial charge on any atom is 0.255 e. The minimum absolute atomic E-state index is 0.0923. The number of nitrogens with one attached hydrogen (secondary N) is 2. The third-order valence-electron chi connectivity index (χ3n) is 3.98. The fraction of sp³-hybridized carbons (Fsp3) is 0.263. The predicted molar refractivity (Wildman–Crippen MR) is 97.2 cm³/mol. The van der Waals surface area contributed by atoms with Crippen LogP contribution in [0.1, 0.15) is 33.6 Å². The van der Waals surface area contributed by atoms with Gasteiger partial charge in [0.25, 0.3) is 11.8 Å². The number of anilines is 1. The molecule has 2 amide bonds. The fourth-order valence-corrected chi connectivity index (χ4v) is 2.88. The Labute approximate surface area is 151 Å². The van der Waals surface area contributed by atoms with Gasteiger partial charge in [-0.2, -0.15) is 0 Å². The van der Waals surface area contributed by atoms with Gasteiger partial charge in [-0.1, -0.05) is 23.7 Å². The highest BCUT2D eigenvalue weighted by atomic mass is 35.5. The van der Waals surface area contributed by atoms with Gasteiger partial charge in [0.1, 0.15) is 0 Å². The maximum absolute atomic E-state index is 12.3. The molecule has 0 spiro atoms. The zero-order chi connectivity index (χ0) is 17.6. The van der Waals surface area contributed by atoms with E-state index in [1.54, 1.807) is 48.5 Å². The fourth-order valence-electron chi connectivity index (χ4n) is 2.69. The van der Waals surface area contributed by atoms with Gasteiger partial charge in [-0.05, 0) is 49.2 Å². The Kier molecular flexibility index (Phi) is 5.68. The highest BCUT2D eigenvalue weighted by molar-refractivity contribution is 6.31. The van der Waals surface area contributed by atoms with Gasteiger partial charge in [0, 0.05) is 35.0 Å². The van der Waals surface area contributed by atoms with Crippen LogP contribution in [-0.2, 0) is 4.74 Å². The molecule has 2 N–H and O–H groups in total. The van der Waals surface area contributed by atoms with Crippen LogP contribution >= 0.6 is 11.6 Å². The Morgan fingerprint density at radius 2 is 1.84 bits per heavy atom. The van der Waals surface area contributed by atoms with Gasteiger partial charge in [-0.25, -0.2) is 0 Å². The van der Waals surface area contributed by atoms with E-state index < -0.39 is 0 Å². The molecule has 0 radical (unpaired) electrons. The summed E-state index contributed by atoms with van der Waals surface area (Å²) in [5.74, 6) is -0.464. The van der Waals surface area contributed by atoms with Gasteiger partial charge in [0.15, 0.2) is 0 Å². The second-order valence-electron chi connectivity index (χ2n) is 5.89. The SMILES string of the molecule is O=C(NCC1CCCO1)c1cccc(NC(=O)c2cccc(Cl)c2)c1. The molecule has 0 bridgehead atoms. The van der Waals surface area contributed by atoms with Crippen LogP contribution in [0.25, 0.3) is 0 Å². The average Bonchev–Trinajstić information content (AvgIpc) is 3.13. The summed E-state index contributed by atoms with van der Waals surface area (Å²) < 4.78 is 5.49. The molecule has 1 aliphatic heterocycles. The van der Waals surface area contributed by atoms with Gasteiger partial charge in [-0.3, -0.25) is 9.59 Å². The van der Waals surface area contributed by atoms with E-state index in [1.165, 1.54) is 0 Å². The third-order valence-corrected chi connectivity index (χ3v) is 4.22. The van der Waals surface area contributed by atoms with Crippen molar-refractivity contribution in [1.29, 1.82) is 0 Å². The number of ether oxygens (including phenoxy) is 1. The topological polar surface area (TPSA) is 67.4 Å². The number of halogens is 1. The summed E-state index contributed by atoms with van der Waals surface area (Å²) in [6, 6.07) is 13.5. The van der Waals surface area contributed by atoms with Crippen molar-refractivity contribution in [3.63, 3.8) is 0 Å². The molecular weight excluding hydrogens is 340 g/mol. The third kappa shape index (κ3) is 4.81. The predicted octanol–water partition coefficient (Wildman–Crippen LogP) is 3.50. The number of carbonyl (C=O) groups excluding carboxylic acids is 2. The van der Waals surface area contributed by atoms with E-state index in [0.717, 1.165) is 19.4 Å². The van der Waals surface area contributed by atoms with Crippen molar-refractivity contribution in [2.75, 3.05) is 18.5 Å². The molecule has 0 saturated carbocycles. The van der Waals surface area contributed by atoms with Crippen molar-refractivity contribution in [3.05, 3.63) is 64.7 Å². The van der Waals surface area contributed by atoms with Gasteiger partial charge < -0.3 is 15.4 Å². The Bertz CT molecular complexity index is 773. The largest absolute Gasteiger partial charge is 0.376 e. The first kappa shape index (κ1) is 17.5. The molecule has 6 heteroatoms. The number of amides is 2. The van der Waals surface area contributed by atoms with Crippen LogP contribution in [0.4, 0.5) is 5.69 Å². The van der Waals surface area contributed by atoms with Crippen LogP contribution in [0.5, 0.6) is 0 Å². The number of benzene rings is 2. The highest BCUT2D eigenvalue weighted by Gasteiger charge is 2.17. The summed E-state index contributed by atoms with van der Waals surface area (Å²) in [6.07, 6.45) is 2.09. The molecule has 1 atom stereocenters. The van der Waals surface area contributed by atoms with Gasteiger partial charge >= 0.3 is 0 Å². The normalized spacial score (nSPS) is 16.4. The standard InChI is InChI=1S/C19H19ClN2O3/c20-15-6-1-4-13(10-15)19(24)22-16-7-2-5-14(11-16)18(23)21-12-17-8-3-9-25-17/h1-2,4-7,10-11,17H,3,8-9,12H2,(H,21,23)(H,22,24).